The summed E-state index contributed by atoms with van der Waals surface area (Å²) in [6.07, 6.45) is 0. The molecule has 5 nitrogen and oxygen atoms in total. The van der Waals surface area contributed by atoms with Crippen LogP contribution in [0.5, 0.6) is 0 Å². The molecule has 2 N–H and O–H groups in total. The summed E-state index contributed by atoms with van der Waals surface area (Å²) in [6.45, 7) is 5.04. The molecular formula is C14H18N3O2+. The Balaban J connectivity index is 1.97. The van der Waals surface area contributed by atoms with Gasteiger partial charge in [0, 0.05) is 5.69 Å². The van der Waals surface area contributed by atoms with Crippen molar-refractivity contribution >= 4 is 11.6 Å². The number of nitrogens with zero attached hydrogens (tertiary/aromatic N) is 1. The van der Waals surface area contributed by atoms with Gasteiger partial charge in [0.2, 0.25) is 0 Å². The third-order valence-electron chi connectivity index (χ3n) is 3.40. The van der Waals surface area contributed by atoms with E-state index in [1.54, 1.807) is 24.3 Å². The molecule has 1 saturated heterocycles. The van der Waals surface area contributed by atoms with Gasteiger partial charge in [-0.1, -0.05) is 6.07 Å². The molecule has 0 unspecified atom stereocenters. The molecule has 1 fully saturated rings. The third kappa shape index (κ3) is 3.53. The highest BCUT2D eigenvalue weighted by Crippen LogP contribution is 2.09. The van der Waals surface area contributed by atoms with Crippen molar-refractivity contribution in [2.24, 2.45) is 0 Å². The number of anilines is 1. The summed E-state index contributed by atoms with van der Waals surface area (Å²) in [5, 5.41) is 11.7. The van der Waals surface area contributed by atoms with Crippen molar-refractivity contribution in [1.82, 2.24) is 0 Å². The Hall–Kier alpha value is -1.90. The van der Waals surface area contributed by atoms with Crippen LogP contribution in [0.2, 0.25) is 0 Å². The number of rotatable bonds is 3. The van der Waals surface area contributed by atoms with Gasteiger partial charge in [-0.25, -0.2) is 0 Å². The maximum absolute atomic E-state index is 12.2. The molecule has 1 aliphatic heterocycles. The number of quaternary nitrogens is 1. The summed E-state index contributed by atoms with van der Waals surface area (Å²) < 4.78 is 5.29. The Bertz CT molecular complexity index is 490. The van der Waals surface area contributed by atoms with Gasteiger partial charge in [-0.15, -0.1) is 0 Å². The Morgan fingerprint density at radius 1 is 1.47 bits per heavy atom. The van der Waals surface area contributed by atoms with Crippen LogP contribution in [0.1, 0.15) is 12.5 Å². The normalized spacial score (nSPS) is 17.5. The highest BCUT2D eigenvalue weighted by molar-refractivity contribution is 5.93. The lowest BCUT2D eigenvalue weighted by molar-refractivity contribution is -0.921. The van der Waals surface area contributed by atoms with E-state index >= 15 is 0 Å². The van der Waals surface area contributed by atoms with Gasteiger partial charge in [0.05, 0.1) is 24.8 Å². The molecule has 1 atom stereocenters. The number of hydrogen-bond acceptors (Lipinski definition) is 3. The van der Waals surface area contributed by atoms with E-state index in [1.165, 1.54) is 4.90 Å². The van der Waals surface area contributed by atoms with Gasteiger partial charge in [0.25, 0.3) is 5.91 Å². The molecule has 0 aliphatic carbocycles. The Morgan fingerprint density at radius 2 is 2.21 bits per heavy atom. The summed E-state index contributed by atoms with van der Waals surface area (Å²) in [5.74, 6) is -0.0213. The van der Waals surface area contributed by atoms with Gasteiger partial charge in [-0.3, -0.25) is 4.79 Å². The zero-order valence-electron chi connectivity index (χ0n) is 11.0. The Labute approximate surface area is 112 Å². The van der Waals surface area contributed by atoms with Crippen LogP contribution < -0.4 is 10.2 Å². The summed E-state index contributed by atoms with van der Waals surface area (Å²) in [7, 11) is 0. The number of carbonyl (C=O) groups excluding carboxylic acids is 1. The van der Waals surface area contributed by atoms with Crippen molar-refractivity contribution in [2.75, 3.05) is 31.6 Å². The van der Waals surface area contributed by atoms with Crippen LogP contribution in [0.4, 0.5) is 5.69 Å². The van der Waals surface area contributed by atoms with Crippen molar-refractivity contribution in [1.29, 1.82) is 5.26 Å². The third-order valence-corrected chi connectivity index (χ3v) is 3.40. The van der Waals surface area contributed by atoms with Gasteiger partial charge < -0.3 is 15.0 Å². The predicted octanol–water partition coefficient (Wildman–Crippen LogP) is -0.200. The van der Waals surface area contributed by atoms with Crippen molar-refractivity contribution in [3.05, 3.63) is 29.8 Å². The summed E-state index contributed by atoms with van der Waals surface area (Å²) in [4.78, 5) is 13.4. The molecule has 0 radical (unpaired) electrons. The van der Waals surface area contributed by atoms with Crippen LogP contribution in [-0.2, 0) is 9.53 Å². The molecule has 1 heterocycles. The fraction of sp³-hybridized carbons (Fsp3) is 0.429. The topological polar surface area (TPSA) is 66.6 Å². The number of morpholine rings is 1. The molecule has 1 aliphatic rings. The number of nitriles is 1. The smallest absolute Gasteiger partial charge is 0.282 e. The molecule has 100 valence electrons. The first-order valence-electron chi connectivity index (χ1n) is 6.44. The van der Waals surface area contributed by atoms with E-state index in [2.05, 4.69) is 11.4 Å². The predicted molar refractivity (Wildman–Crippen MR) is 70.8 cm³/mol. The average Bonchev–Trinajstić information content (AvgIpc) is 2.47. The van der Waals surface area contributed by atoms with Gasteiger partial charge in [0.1, 0.15) is 13.1 Å². The van der Waals surface area contributed by atoms with Crippen molar-refractivity contribution in [2.45, 2.75) is 13.0 Å². The van der Waals surface area contributed by atoms with Crippen molar-refractivity contribution < 1.29 is 14.4 Å². The first kappa shape index (κ1) is 13.5. The van der Waals surface area contributed by atoms with E-state index in [1.807, 2.05) is 6.92 Å². The molecule has 1 aromatic rings. The Kier molecular flexibility index (Phi) is 4.50. The molecule has 0 saturated carbocycles. The summed E-state index contributed by atoms with van der Waals surface area (Å²) in [6, 6.07) is 8.89. The zero-order chi connectivity index (χ0) is 13.7. The fourth-order valence-corrected chi connectivity index (χ4v) is 2.17. The lowest BCUT2D eigenvalue weighted by Gasteiger charge is -2.28. The summed E-state index contributed by atoms with van der Waals surface area (Å²) in [5.41, 5.74) is 1.22. The van der Waals surface area contributed by atoms with Crippen molar-refractivity contribution in [3.63, 3.8) is 0 Å². The van der Waals surface area contributed by atoms with Crippen LogP contribution in [0.25, 0.3) is 0 Å². The maximum Gasteiger partial charge on any atom is 0.282 e. The molecule has 19 heavy (non-hydrogen) atoms. The molecule has 0 bridgehead atoms. The van der Waals surface area contributed by atoms with E-state index in [9.17, 15) is 4.79 Å². The molecule has 2 rings (SSSR count). The molecule has 0 aromatic heterocycles. The second-order valence-electron chi connectivity index (χ2n) is 4.67. The van der Waals surface area contributed by atoms with Crippen LogP contribution in [0.3, 0.4) is 0 Å². The lowest BCUT2D eigenvalue weighted by Crippen LogP contribution is -3.18. The van der Waals surface area contributed by atoms with E-state index in [0.717, 1.165) is 13.1 Å². The van der Waals surface area contributed by atoms with E-state index in [-0.39, 0.29) is 11.9 Å². The van der Waals surface area contributed by atoms with Crippen LogP contribution in [0, 0.1) is 11.3 Å². The molecule has 1 amide bonds. The molecular weight excluding hydrogens is 242 g/mol. The number of nitrogens with one attached hydrogen (secondary N) is 2. The monoisotopic (exact) mass is 260 g/mol. The quantitative estimate of drug-likeness (QED) is 0.791. The zero-order valence-corrected chi connectivity index (χ0v) is 11.0. The van der Waals surface area contributed by atoms with E-state index < -0.39 is 0 Å². The highest BCUT2D eigenvalue weighted by Gasteiger charge is 2.26. The standard InChI is InChI=1S/C14H17N3O2/c1-11(17-5-7-19-8-6-17)14(18)16-13-4-2-3-12(9-13)10-15/h2-4,9,11H,5-8H2,1H3,(H,16,18)/p+1/t11-/m0/s1. The Morgan fingerprint density at radius 3 is 2.89 bits per heavy atom. The first-order valence-corrected chi connectivity index (χ1v) is 6.44. The van der Waals surface area contributed by atoms with Crippen LogP contribution in [0.15, 0.2) is 24.3 Å². The number of ether oxygens (including phenoxy) is 1. The van der Waals surface area contributed by atoms with E-state index in [0.29, 0.717) is 24.5 Å². The molecule has 1 aromatic carbocycles. The number of hydrogen-bond donors (Lipinski definition) is 2. The minimum absolute atomic E-state index is 0.0213. The fourth-order valence-electron chi connectivity index (χ4n) is 2.17. The summed E-state index contributed by atoms with van der Waals surface area (Å²) >= 11 is 0. The first-order chi connectivity index (χ1) is 9.20. The van der Waals surface area contributed by atoms with Gasteiger partial charge in [-0.05, 0) is 25.1 Å². The number of amides is 1. The van der Waals surface area contributed by atoms with Crippen molar-refractivity contribution in [3.8, 4) is 6.07 Å². The van der Waals surface area contributed by atoms with E-state index in [4.69, 9.17) is 10.00 Å². The second-order valence-corrected chi connectivity index (χ2v) is 4.67. The number of benzene rings is 1. The highest BCUT2D eigenvalue weighted by atomic mass is 16.5. The lowest BCUT2D eigenvalue weighted by atomic mass is 10.2. The largest absolute Gasteiger partial charge is 0.370 e. The second kappa shape index (κ2) is 6.32. The minimum Gasteiger partial charge on any atom is -0.370 e. The van der Waals surface area contributed by atoms with Crippen LogP contribution in [-0.4, -0.2) is 38.3 Å². The van der Waals surface area contributed by atoms with Gasteiger partial charge >= 0.3 is 0 Å². The van der Waals surface area contributed by atoms with Gasteiger partial charge in [-0.2, -0.15) is 5.26 Å². The van der Waals surface area contributed by atoms with Gasteiger partial charge in [0.15, 0.2) is 6.04 Å². The molecule has 0 spiro atoms. The molecule has 5 heteroatoms. The van der Waals surface area contributed by atoms with Crippen LogP contribution >= 0.6 is 0 Å². The average molecular weight is 260 g/mol. The maximum atomic E-state index is 12.2. The SMILES string of the molecule is C[C@@H](C(=O)Nc1cccc(C#N)c1)[NH+]1CCOCC1. The minimum atomic E-state index is -0.116. The number of carbonyl (C=O) groups is 1.